The van der Waals surface area contributed by atoms with Crippen LogP contribution in [0.25, 0.3) is 0 Å². The van der Waals surface area contributed by atoms with Crippen molar-refractivity contribution in [2.45, 2.75) is 19.8 Å². The highest BCUT2D eigenvalue weighted by molar-refractivity contribution is 6.32. The SMILES string of the molecule is Cc1cc(Nc2ccc(NC(=O)CCCOc3ccccc3Cl)cc2)ncn1. The molecule has 1 aromatic heterocycles. The van der Waals surface area contributed by atoms with Gasteiger partial charge in [-0.15, -0.1) is 0 Å². The average Bonchev–Trinajstić information content (AvgIpc) is 2.68. The largest absolute Gasteiger partial charge is 0.492 e. The smallest absolute Gasteiger partial charge is 0.224 e. The van der Waals surface area contributed by atoms with Crippen molar-refractivity contribution in [3.63, 3.8) is 0 Å². The van der Waals surface area contributed by atoms with Crippen molar-refractivity contribution in [2.75, 3.05) is 17.2 Å². The van der Waals surface area contributed by atoms with Gasteiger partial charge in [0.25, 0.3) is 0 Å². The molecule has 0 radical (unpaired) electrons. The van der Waals surface area contributed by atoms with E-state index in [1.807, 2.05) is 49.4 Å². The fourth-order valence-corrected chi connectivity index (χ4v) is 2.70. The van der Waals surface area contributed by atoms with Crippen LogP contribution in [0.15, 0.2) is 60.9 Å². The number of nitrogens with one attached hydrogen (secondary N) is 2. The fraction of sp³-hybridized carbons (Fsp3) is 0.190. The summed E-state index contributed by atoms with van der Waals surface area (Å²) in [6.45, 7) is 2.34. The fourth-order valence-electron chi connectivity index (χ4n) is 2.51. The Bertz CT molecular complexity index is 932. The molecule has 7 heteroatoms. The van der Waals surface area contributed by atoms with E-state index in [9.17, 15) is 4.79 Å². The Morgan fingerprint density at radius 2 is 1.82 bits per heavy atom. The number of aryl methyl sites for hydroxylation is 1. The number of anilines is 3. The molecule has 0 unspecified atom stereocenters. The van der Waals surface area contributed by atoms with Gasteiger partial charge in [-0.05, 0) is 49.7 Å². The van der Waals surface area contributed by atoms with Gasteiger partial charge >= 0.3 is 0 Å². The van der Waals surface area contributed by atoms with Crippen LogP contribution < -0.4 is 15.4 Å². The highest BCUT2D eigenvalue weighted by atomic mass is 35.5. The lowest BCUT2D eigenvalue weighted by Gasteiger charge is -2.09. The molecule has 3 aromatic rings. The summed E-state index contributed by atoms with van der Waals surface area (Å²) in [5.41, 5.74) is 2.51. The number of benzene rings is 2. The van der Waals surface area contributed by atoms with Crippen LogP contribution in [0.1, 0.15) is 18.5 Å². The number of ether oxygens (including phenoxy) is 1. The highest BCUT2D eigenvalue weighted by Crippen LogP contribution is 2.23. The average molecular weight is 397 g/mol. The second-order valence-corrected chi connectivity index (χ2v) is 6.58. The molecule has 0 saturated heterocycles. The van der Waals surface area contributed by atoms with E-state index in [4.69, 9.17) is 16.3 Å². The highest BCUT2D eigenvalue weighted by Gasteiger charge is 2.05. The maximum atomic E-state index is 12.1. The summed E-state index contributed by atoms with van der Waals surface area (Å²) in [6.07, 6.45) is 2.48. The molecule has 0 bridgehead atoms. The Labute approximate surface area is 168 Å². The number of rotatable bonds is 8. The Balaban J connectivity index is 1.42. The van der Waals surface area contributed by atoms with Gasteiger partial charge in [0, 0.05) is 29.6 Å². The van der Waals surface area contributed by atoms with E-state index >= 15 is 0 Å². The first-order valence-corrected chi connectivity index (χ1v) is 9.31. The number of carbonyl (C=O) groups is 1. The lowest BCUT2D eigenvalue weighted by Crippen LogP contribution is -2.12. The minimum atomic E-state index is -0.0603. The summed E-state index contributed by atoms with van der Waals surface area (Å²) in [7, 11) is 0. The number of para-hydroxylation sites is 1. The van der Waals surface area contributed by atoms with E-state index in [0.29, 0.717) is 30.2 Å². The second kappa shape index (κ2) is 9.71. The summed E-state index contributed by atoms with van der Waals surface area (Å²) >= 11 is 6.03. The molecule has 28 heavy (non-hydrogen) atoms. The number of carbonyl (C=O) groups excluding carboxylic acids is 1. The van der Waals surface area contributed by atoms with Gasteiger partial charge in [-0.1, -0.05) is 23.7 Å². The third-order valence-electron chi connectivity index (χ3n) is 3.89. The lowest BCUT2D eigenvalue weighted by molar-refractivity contribution is -0.116. The van der Waals surface area contributed by atoms with Gasteiger partial charge in [-0.3, -0.25) is 4.79 Å². The Hall–Kier alpha value is -3.12. The topological polar surface area (TPSA) is 76.1 Å². The molecule has 0 aliphatic rings. The Kier molecular flexibility index (Phi) is 6.81. The van der Waals surface area contributed by atoms with Gasteiger partial charge in [-0.25, -0.2) is 9.97 Å². The molecule has 2 N–H and O–H groups in total. The number of amides is 1. The molecule has 0 saturated carbocycles. The Morgan fingerprint density at radius 1 is 1.07 bits per heavy atom. The first-order valence-electron chi connectivity index (χ1n) is 8.93. The standard InChI is InChI=1S/C21H21ClN4O2/c1-15-13-20(24-14-23-15)25-16-8-10-17(11-9-16)26-21(27)7-4-12-28-19-6-3-2-5-18(19)22/h2-3,5-6,8-11,13-14H,4,7,12H2,1H3,(H,26,27)(H,23,24,25). The van der Waals surface area contributed by atoms with Gasteiger partial charge in [0.1, 0.15) is 17.9 Å². The monoisotopic (exact) mass is 396 g/mol. The van der Waals surface area contributed by atoms with Gasteiger partial charge < -0.3 is 15.4 Å². The van der Waals surface area contributed by atoms with Gasteiger partial charge in [0.15, 0.2) is 0 Å². The van der Waals surface area contributed by atoms with E-state index in [-0.39, 0.29) is 5.91 Å². The number of hydrogen-bond donors (Lipinski definition) is 2. The van der Waals surface area contributed by atoms with Crippen molar-refractivity contribution < 1.29 is 9.53 Å². The zero-order valence-electron chi connectivity index (χ0n) is 15.5. The van der Waals surface area contributed by atoms with Crippen LogP contribution in [0, 0.1) is 6.92 Å². The predicted molar refractivity (Wildman–Crippen MR) is 111 cm³/mol. The molecule has 0 aliphatic heterocycles. The molecule has 1 amide bonds. The van der Waals surface area contributed by atoms with E-state index in [1.54, 1.807) is 12.1 Å². The lowest BCUT2D eigenvalue weighted by atomic mass is 10.2. The first kappa shape index (κ1) is 19.6. The zero-order chi connectivity index (χ0) is 19.8. The van der Waals surface area contributed by atoms with Gasteiger partial charge in [0.2, 0.25) is 5.91 Å². The van der Waals surface area contributed by atoms with Crippen molar-refractivity contribution >= 4 is 34.7 Å². The van der Waals surface area contributed by atoms with Crippen LogP contribution in [0.2, 0.25) is 5.02 Å². The molecule has 6 nitrogen and oxygen atoms in total. The van der Waals surface area contributed by atoms with Crippen LogP contribution in [0.5, 0.6) is 5.75 Å². The number of hydrogen-bond acceptors (Lipinski definition) is 5. The maximum Gasteiger partial charge on any atom is 0.224 e. The van der Waals surface area contributed by atoms with E-state index in [0.717, 1.165) is 22.9 Å². The molecule has 2 aromatic carbocycles. The number of halogens is 1. The van der Waals surface area contributed by atoms with Crippen LogP contribution >= 0.6 is 11.6 Å². The maximum absolute atomic E-state index is 12.1. The quantitative estimate of drug-likeness (QED) is 0.525. The van der Waals surface area contributed by atoms with Crippen LogP contribution in [-0.4, -0.2) is 22.5 Å². The van der Waals surface area contributed by atoms with E-state index in [1.165, 1.54) is 6.33 Å². The normalized spacial score (nSPS) is 10.4. The molecule has 0 atom stereocenters. The third-order valence-corrected chi connectivity index (χ3v) is 4.20. The minimum absolute atomic E-state index is 0.0603. The van der Waals surface area contributed by atoms with Crippen LogP contribution in [0.3, 0.4) is 0 Å². The van der Waals surface area contributed by atoms with E-state index in [2.05, 4.69) is 20.6 Å². The minimum Gasteiger partial charge on any atom is -0.492 e. The van der Waals surface area contributed by atoms with Crippen molar-refractivity contribution in [2.24, 2.45) is 0 Å². The van der Waals surface area contributed by atoms with Crippen molar-refractivity contribution in [1.29, 1.82) is 0 Å². The van der Waals surface area contributed by atoms with Crippen LogP contribution in [-0.2, 0) is 4.79 Å². The zero-order valence-corrected chi connectivity index (χ0v) is 16.2. The molecule has 0 spiro atoms. The molecule has 144 valence electrons. The van der Waals surface area contributed by atoms with Crippen molar-refractivity contribution in [3.05, 3.63) is 71.6 Å². The molecule has 3 rings (SSSR count). The first-order chi connectivity index (χ1) is 13.6. The summed E-state index contributed by atoms with van der Waals surface area (Å²) in [6, 6.07) is 16.6. The molecule has 0 aliphatic carbocycles. The predicted octanol–water partition coefficient (Wildman–Crippen LogP) is 4.98. The molecular formula is C21H21ClN4O2. The second-order valence-electron chi connectivity index (χ2n) is 6.18. The summed E-state index contributed by atoms with van der Waals surface area (Å²) in [5, 5.41) is 6.64. The summed E-state index contributed by atoms with van der Waals surface area (Å²) < 4.78 is 5.59. The van der Waals surface area contributed by atoms with Crippen molar-refractivity contribution in [3.8, 4) is 5.75 Å². The summed E-state index contributed by atoms with van der Waals surface area (Å²) in [4.78, 5) is 20.3. The van der Waals surface area contributed by atoms with E-state index < -0.39 is 0 Å². The van der Waals surface area contributed by atoms with Crippen LogP contribution in [0.4, 0.5) is 17.2 Å². The number of aromatic nitrogens is 2. The third kappa shape index (κ3) is 5.96. The Morgan fingerprint density at radius 3 is 2.57 bits per heavy atom. The molecule has 1 heterocycles. The number of nitrogens with zero attached hydrogens (tertiary/aromatic N) is 2. The molecular weight excluding hydrogens is 376 g/mol. The summed E-state index contributed by atoms with van der Waals surface area (Å²) in [5.74, 6) is 1.30. The molecule has 0 fully saturated rings. The van der Waals surface area contributed by atoms with Gasteiger partial charge in [0.05, 0.1) is 11.6 Å². The van der Waals surface area contributed by atoms with Crippen molar-refractivity contribution in [1.82, 2.24) is 9.97 Å². The van der Waals surface area contributed by atoms with Gasteiger partial charge in [-0.2, -0.15) is 0 Å².